The first-order chi connectivity index (χ1) is 18.5. The summed E-state index contributed by atoms with van der Waals surface area (Å²) in [7, 11) is 1.76. The van der Waals surface area contributed by atoms with Gasteiger partial charge in [-0.25, -0.2) is 4.98 Å². The molecule has 0 spiro atoms. The number of amides is 1. The summed E-state index contributed by atoms with van der Waals surface area (Å²) >= 11 is 12.9. The summed E-state index contributed by atoms with van der Waals surface area (Å²) in [6.45, 7) is 0.666. The van der Waals surface area contributed by atoms with Crippen molar-refractivity contribution in [2.45, 2.75) is 50.6 Å². The normalized spacial score (nSPS) is 18.2. The molecule has 2 atom stereocenters. The lowest BCUT2D eigenvalue weighted by Crippen LogP contribution is -2.61. The van der Waals surface area contributed by atoms with Gasteiger partial charge in [-0.3, -0.25) is 4.79 Å². The number of rotatable bonds is 6. The predicted molar refractivity (Wildman–Crippen MR) is 141 cm³/mol. The van der Waals surface area contributed by atoms with Crippen LogP contribution < -0.4 is 16.0 Å². The number of hydrogen-bond donors (Lipinski definition) is 2. The van der Waals surface area contributed by atoms with E-state index >= 15 is 0 Å². The fraction of sp³-hybridized carbons (Fsp3) is 0.462. The second-order valence-electron chi connectivity index (χ2n) is 10.2. The number of hydrogen-bond acceptors (Lipinski definition) is 4. The van der Waals surface area contributed by atoms with Crippen molar-refractivity contribution in [1.29, 1.82) is 0 Å². The summed E-state index contributed by atoms with van der Waals surface area (Å²) in [5.41, 5.74) is 4.94. The second kappa shape index (κ2) is 10.9. The molecule has 6 nitrogen and oxygen atoms in total. The maximum Gasteiger partial charge on any atom is 0.415 e. The van der Waals surface area contributed by atoms with Crippen molar-refractivity contribution in [2.24, 2.45) is 18.7 Å². The molecule has 218 valence electrons. The van der Waals surface area contributed by atoms with E-state index in [1.807, 2.05) is 0 Å². The van der Waals surface area contributed by atoms with Gasteiger partial charge in [0.05, 0.1) is 27.7 Å². The number of nitrogens with one attached hydrogen (secondary N) is 1. The molecule has 3 N–H and O–H groups in total. The number of piperidine rings is 1. The van der Waals surface area contributed by atoms with Crippen molar-refractivity contribution in [3.63, 3.8) is 0 Å². The van der Waals surface area contributed by atoms with Gasteiger partial charge in [-0.05, 0) is 49.1 Å². The molecule has 0 radical (unpaired) electrons. The molecular formula is C26H27Cl2F6N5O. The minimum Gasteiger partial charge on any atom is -0.370 e. The van der Waals surface area contributed by atoms with Gasteiger partial charge in [0.25, 0.3) is 0 Å². The Balaban J connectivity index is 1.56. The lowest BCUT2D eigenvalue weighted by Gasteiger charge is -2.35. The Labute approximate surface area is 236 Å². The van der Waals surface area contributed by atoms with Crippen LogP contribution in [0, 0.1) is 5.92 Å². The third-order valence-corrected chi connectivity index (χ3v) is 7.91. The third-order valence-electron chi connectivity index (χ3n) is 7.24. The fourth-order valence-corrected chi connectivity index (χ4v) is 5.12. The average molecular weight is 610 g/mol. The second-order valence-corrected chi connectivity index (χ2v) is 11.0. The first-order valence-corrected chi connectivity index (χ1v) is 13.1. The molecule has 3 aromatic rings. The van der Waals surface area contributed by atoms with Crippen LogP contribution >= 0.6 is 23.2 Å². The zero-order chi connectivity index (χ0) is 29.6. The zero-order valence-electron chi connectivity index (χ0n) is 21.6. The highest BCUT2D eigenvalue weighted by Crippen LogP contribution is 2.38. The van der Waals surface area contributed by atoms with Crippen molar-refractivity contribution >= 4 is 45.8 Å². The Hall–Kier alpha value is -2.70. The van der Waals surface area contributed by atoms with Crippen molar-refractivity contribution in [1.82, 2.24) is 14.9 Å². The molecule has 4 rings (SSSR count). The number of carbonyl (C=O) groups is 1. The van der Waals surface area contributed by atoms with Gasteiger partial charge in [0, 0.05) is 38.1 Å². The summed E-state index contributed by atoms with van der Waals surface area (Å²) in [6, 6.07) is 8.12. The number of imidazole rings is 1. The Morgan fingerprint density at radius 3 is 2.48 bits per heavy atom. The first kappa shape index (κ1) is 30.3. The maximum absolute atomic E-state index is 13.4. The van der Waals surface area contributed by atoms with E-state index in [9.17, 15) is 31.1 Å². The molecule has 1 saturated heterocycles. The molecule has 0 bridgehead atoms. The van der Waals surface area contributed by atoms with Crippen LogP contribution in [0.1, 0.15) is 36.7 Å². The van der Waals surface area contributed by atoms with Crippen LogP contribution in [0.5, 0.6) is 0 Å². The number of halogens is 8. The smallest absolute Gasteiger partial charge is 0.370 e. The average Bonchev–Trinajstić information content (AvgIpc) is 3.16. The molecule has 1 aromatic heterocycles. The highest BCUT2D eigenvalue weighted by molar-refractivity contribution is 6.34. The summed E-state index contributed by atoms with van der Waals surface area (Å²) in [5, 5.41) is 2.88. The quantitative estimate of drug-likeness (QED) is 0.329. The van der Waals surface area contributed by atoms with E-state index in [0.29, 0.717) is 63.6 Å². The van der Waals surface area contributed by atoms with Gasteiger partial charge >= 0.3 is 12.4 Å². The summed E-state index contributed by atoms with van der Waals surface area (Å²) < 4.78 is 81.0. The van der Waals surface area contributed by atoms with Gasteiger partial charge in [0.15, 0.2) is 5.54 Å². The summed E-state index contributed by atoms with van der Waals surface area (Å²) in [4.78, 5) is 18.3. The molecule has 1 amide bonds. The summed E-state index contributed by atoms with van der Waals surface area (Å²) in [5.74, 6) is -2.22. The van der Waals surface area contributed by atoms with Crippen molar-refractivity contribution in [3.8, 4) is 0 Å². The zero-order valence-corrected chi connectivity index (χ0v) is 23.1. The van der Waals surface area contributed by atoms with E-state index < -0.39 is 29.7 Å². The van der Waals surface area contributed by atoms with Crippen LogP contribution in [-0.4, -0.2) is 46.4 Å². The third kappa shape index (κ3) is 6.13. The number of benzene rings is 2. The highest BCUT2D eigenvalue weighted by Gasteiger charge is 2.53. The molecule has 40 heavy (non-hydrogen) atoms. The Morgan fingerprint density at radius 2 is 1.82 bits per heavy atom. The molecule has 2 heterocycles. The lowest BCUT2D eigenvalue weighted by molar-refractivity contribution is -0.187. The van der Waals surface area contributed by atoms with Crippen LogP contribution in [-0.2, 0) is 24.8 Å². The lowest BCUT2D eigenvalue weighted by atomic mass is 9.97. The number of fused-ring (bicyclic) bond motifs is 1. The van der Waals surface area contributed by atoms with Crippen LogP contribution in [0.4, 0.5) is 32.0 Å². The topological polar surface area (TPSA) is 76.2 Å². The molecular weight excluding hydrogens is 583 g/mol. The predicted octanol–water partition coefficient (Wildman–Crippen LogP) is 6.15. The molecule has 14 heteroatoms. The van der Waals surface area contributed by atoms with Crippen molar-refractivity contribution in [3.05, 3.63) is 57.3 Å². The van der Waals surface area contributed by atoms with Gasteiger partial charge in [-0.15, -0.1) is 0 Å². The standard InChI is InChI=1S/C26H27Cl2F6N5O/c1-24(35,26(32,33)34)23(40)36-12-14-5-6-17(27)15(8-14)9-22-37-19-10-18(28)20(11-21(19)38(22)2)39-7-3-4-16(13-39)25(29,30)31/h5-6,8,10-11,16H,3-4,7,9,12-13,35H2,1-2H3,(H,36,40). The highest BCUT2D eigenvalue weighted by atomic mass is 35.5. The number of alkyl halides is 6. The van der Waals surface area contributed by atoms with Gasteiger partial charge in [-0.2, -0.15) is 26.3 Å². The SMILES string of the molecule is Cn1c(Cc2cc(CNC(=O)C(C)(N)C(F)(F)F)ccc2Cl)nc2cc(Cl)c(N3CCCC(C(F)(F)F)C3)cc21. The minimum atomic E-state index is -4.92. The number of aryl methyl sites for hydroxylation is 1. The van der Waals surface area contributed by atoms with E-state index in [1.54, 1.807) is 46.8 Å². The molecule has 1 fully saturated rings. The van der Waals surface area contributed by atoms with Crippen LogP contribution in [0.2, 0.25) is 10.0 Å². The molecule has 1 aliphatic rings. The molecule has 1 aliphatic heterocycles. The van der Waals surface area contributed by atoms with E-state index in [0.717, 1.165) is 0 Å². The van der Waals surface area contributed by atoms with Gasteiger partial charge in [-0.1, -0.05) is 35.3 Å². The number of aromatic nitrogens is 2. The fourth-order valence-electron chi connectivity index (χ4n) is 4.65. The maximum atomic E-state index is 13.4. The van der Waals surface area contributed by atoms with Crippen LogP contribution in [0.3, 0.4) is 0 Å². The monoisotopic (exact) mass is 609 g/mol. The van der Waals surface area contributed by atoms with Crippen molar-refractivity contribution in [2.75, 3.05) is 18.0 Å². The number of nitrogens with two attached hydrogens (primary N) is 1. The van der Waals surface area contributed by atoms with Gasteiger partial charge in [0.2, 0.25) is 5.91 Å². The van der Waals surface area contributed by atoms with Crippen molar-refractivity contribution < 1.29 is 31.1 Å². The molecule has 0 saturated carbocycles. The van der Waals surface area contributed by atoms with Crippen LogP contribution in [0.25, 0.3) is 11.0 Å². The van der Waals surface area contributed by atoms with E-state index in [2.05, 4.69) is 10.3 Å². The molecule has 0 aliphatic carbocycles. The Kier molecular flexibility index (Phi) is 8.28. The largest absolute Gasteiger partial charge is 0.415 e. The van der Waals surface area contributed by atoms with Gasteiger partial charge in [0.1, 0.15) is 5.82 Å². The van der Waals surface area contributed by atoms with Crippen LogP contribution in [0.15, 0.2) is 30.3 Å². The number of anilines is 1. The number of nitrogens with zero attached hydrogens (tertiary/aromatic N) is 3. The van der Waals surface area contributed by atoms with E-state index in [1.165, 1.54) is 0 Å². The Bertz CT molecular complexity index is 1420. The minimum absolute atomic E-state index is 0.0765. The Morgan fingerprint density at radius 1 is 1.12 bits per heavy atom. The van der Waals surface area contributed by atoms with E-state index in [-0.39, 0.29) is 25.9 Å². The molecule has 2 unspecified atom stereocenters. The molecule has 2 aromatic carbocycles. The number of carbonyl (C=O) groups excluding carboxylic acids is 1. The summed E-state index contributed by atoms with van der Waals surface area (Å²) in [6.07, 6.45) is -8.50. The van der Waals surface area contributed by atoms with E-state index in [4.69, 9.17) is 28.9 Å². The van der Waals surface area contributed by atoms with Gasteiger partial charge < -0.3 is 20.5 Å². The first-order valence-electron chi connectivity index (χ1n) is 12.4.